The van der Waals surface area contributed by atoms with Gasteiger partial charge in [0.25, 0.3) is 5.91 Å². The Kier molecular flexibility index (Phi) is 3.80. The Bertz CT molecular complexity index is 950. The molecular weight excluding hydrogens is 334 g/mol. The molecule has 5 nitrogen and oxygen atoms in total. The van der Waals surface area contributed by atoms with E-state index in [0.29, 0.717) is 0 Å². The van der Waals surface area contributed by atoms with Gasteiger partial charge in [-0.2, -0.15) is 0 Å². The summed E-state index contributed by atoms with van der Waals surface area (Å²) in [6, 6.07) is 6.10. The third-order valence-electron chi connectivity index (χ3n) is 5.04. The van der Waals surface area contributed by atoms with E-state index >= 15 is 0 Å². The Balaban J connectivity index is 1.70. The maximum atomic E-state index is 13.2. The molecule has 0 bridgehead atoms. The van der Waals surface area contributed by atoms with Crippen molar-refractivity contribution in [3.63, 3.8) is 0 Å². The Morgan fingerprint density at radius 1 is 1.32 bits per heavy atom. The van der Waals surface area contributed by atoms with Crippen molar-refractivity contribution in [1.29, 1.82) is 0 Å². The van der Waals surface area contributed by atoms with Gasteiger partial charge in [-0.3, -0.25) is 9.36 Å². The van der Waals surface area contributed by atoms with Crippen molar-refractivity contribution in [2.24, 2.45) is 0 Å². The average molecular weight is 355 g/mol. The molecule has 6 heteroatoms. The van der Waals surface area contributed by atoms with Gasteiger partial charge >= 0.3 is 0 Å². The van der Waals surface area contributed by atoms with E-state index in [1.54, 1.807) is 11.3 Å². The van der Waals surface area contributed by atoms with Gasteiger partial charge in [-0.15, -0.1) is 11.3 Å². The topological polar surface area (TPSA) is 51.3 Å². The number of aryl methyl sites for hydroxylation is 2. The molecule has 130 valence electrons. The van der Waals surface area contributed by atoms with Gasteiger partial charge in [0.05, 0.1) is 11.6 Å². The molecule has 4 rings (SSSR count). The SMILES string of the molecule is Cc1cc(-n2c(C)cc(C(=O)N3CCc4sccc4[C@@H]3C)c2C)no1. The summed E-state index contributed by atoms with van der Waals surface area (Å²) in [4.78, 5) is 16.6. The first kappa shape index (κ1) is 16.1. The van der Waals surface area contributed by atoms with Crippen LogP contribution in [0.15, 0.2) is 28.1 Å². The number of hydrogen-bond acceptors (Lipinski definition) is 4. The second-order valence-corrected chi connectivity index (χ2v) is 7.64. The summed E-state index contributed by atoms with van der Waals surface area (Å²) >= 11 is 1.79. The number of fused-ring (bicyclic) bond motifs is 1. The highest BCUT2D eigenvalue weighted by molar-refractivity contribution is 7.10. The summed E-state index contributed by atoms with van der Waals surface area (Å²) < 4.78 is 7.18. The zero-order valence-corrected chi connectivity index (χ0v) is 15.7. The summed E-state index contributed by atoms with van der Waals surface area (Å²) in [5, 5.41) is 6.21. The van der Waals surface area contributed by atoms with Gasteiger partial charge in [0, 0.05) is 28.9 Å². The van der Waals surface area contributed by atoms with Gasteiger partial charge < -0.3 is 9.42 Å². The molecule has 1 aliphatic heterocycles. The Morgan fingerprint density at radius 2 is 2.12 bits per heavy atom. The molecule has 1 amide bonds. The molecule has 0 unspecified atom stereocenters. The van der Waals surface area contributed by atoms with E-state index in [2.05, 4.69) is 23.5 Å². The van der Waals surface area contributed by atoms with E-state index in [0.717, 1.165) is 41.5 Å². The molecule has 0 aliphatic carbocycles. The van der Waals surface area contributed by atoms with Crippen molar-refractivity contribution < 1.29 is 9.32 Å². The fourth-order valence-corrected chi connectivity index (χ4v) is 4.69. The normalized spacial score (nSPS) is 17.0. The lowest BCUT2D eigenvalue weighted by molar-refractivity contribution is 0.0678. The van der Waals surface area contributed by atoms with Crippen LogP contribution in [-0.2, 0) is 6.42 Å². The van der Waals surface area contributed by atoms with Gasteiger partial charge in [0.2, 0.25) is 0 Å². The highest BCUT2D eigenvalue weighted by Gasteiger charge is 2.31. The fourth-order valence-electron chi connectivity index (χ4n) is 3.73. The number of rotatable bonds is 2. The van der Waals surface area contributed by atoms with Crippen LogP contribution in [0.3, 0.4) is 0 Å². The van der Waals surface area contributed by atoms with E-state index < -0.39 is 0 Å². The standard InChI is InChI=1S/C19H21N3O2S/c1-11-9-16(14(4)22(11)18-10-12(2)24-20-18)19(23)21-7-5-17-15(13(21)3)6-8-25-17/h6,8-10,13H,5,7H2,1-4H3/t13-/m0/s1. The van der Waals surface area contributed by atoms with Gasteiger partial charge in [-0.05, 0) is 57.2 Å². The number of hydrogen-bond donors (Lipinski definition) is 0. The first-order valence-electron chi connectivity index (χ1n) is 8.47. The van der Waals surface area contributed by atoms with Crippen molar-refractivity contribution in [2.45, 2.75) is 40.2 Å². The molecule has 0 spiro atoms. The Morgan fingerprint density at radius 3 is 2.84 bits per heavy atom. The molecule has 0 saturated carbocycles. The molecular formula is C19H21N3O2S. The molecule has 0 aromatic carbocycles. The predicted octanol–water partition coefficient (Wildman–Crippen LogP) is 4.21. The lowest BCUT2D eigenvalue weighted by atomic mass is 10.0. The second-order valence-electron chi connectivity index (χ2n) is 6.64. The number of carbonyl (C=O) groups is 1. The van der Waals surface area contributed by atoms with Crippen molar-refractivity contribution in [2.75, 3.05) is 6.54 Å². The minimum Gasteiger partial charge on any atom is -0.360 e. The van der Waals surface area contributed by atoms with Gasteiger partial charge in [-0.25, -0.2) is 0 Å². The van der Waals surface area contributed by atoms with Crippen LogP contribution in [0.25, 0.3) is 5.82 Å². The summed E-state index contributed by atoms with van der Waals surface area (Å²) in [5.41, 5.74) is 3.91. The van der Waals surface area contributed by atoms with E-state index in [1.165, 1.54) is 10.4 Å². The summed E-state index contributed by atoms with van der Waals surface area (Å²) in [5.74, 6) is 1.56. The lowest BCUT2D eigenvalue weighted by Gasteiger charge is -2.33. The third-order valence-corrected chi connectivity index (χ3v) is 6.04. The quantitative estimate of drug-likeness (QED) is 0.692. The summed E-state index contributed by atoms with van der Waals surface area (Å²) in [7, 11) is 0. The molecule has 4 heterocycles. The van der Waals surface area contributed by atoms with Crippen molar-refractivity contribution in [3.8, 4) is 5.82 Å². The van der Waals surface area contributed by atoms with Crippen LogP contribution in [0.5, 0.6) is 0 Å². The zero-order chi connectivity index (χ0) is 17.7. The van der Waals surface area contributed by atoms with E-state index in [4.69, 9.17) is 4.52 Å². The van der Waals surface area contributed by atoms with Gasteiger partial charge in [0.15, 0.2) is 5.82 Å². The summed E-state index contributed by atoms with van der Waals surface area (Å²) in [6.45, 7) is 8.70. The van der Waals surface area contributed by atoms with Crippen LogP contribution >= 0.6 is 11.3 Å². The predicted molar refractivity (Wildman–Crippen MR) is 97.5 cm³/mol. The largest absolute Gasteiger partial charge is 0.360 e. The lowest BCUT2D eigenvalue weighted by Crippen LogP contribution is -2.38. The Hall–Kier alpha value is -2.34. The molecule has 0 N–H and O–H groups in total. The first-order chi connectivity index (χ1) is 12.0. The zero-order valence-electron chi connectivity index (χ0n) is 14.9. The molecule has 0 fully saturated rings. The number of nitrogens with zero attached hydrogens (tertiary/aromatic N) is 3. The number of aromatic nitrogens is 2. The maximum Gasteiger partial charge on any atom is 0.256 e. The van der Waals surface area contributed by atoms with E-state index in [-0.39, 0.29) is 11.9 Å². The summed E-state index contributed by atoms with van der Waals surface area (Å²) in [6.07, 6.45) is 0.935. The van der Waals surface area contributed by atoms with E-state index in [1.807, 2.05) is 42.4 Å². The molecule has 1 aliphatic rings. The first-order valence-corrected chi connectivity index (χ1v) is 9.35. The molecule has 0 radical (unpaired) electrons. The smallest absolute Gasteiger partial charge is 0.256 e. The van der Waals surface area contributed by atoms with Crippen LogP contribution in [0, 0.1) is 20.8 Å². The van der Waals surface area contributed by atoms with Crippen LogP contribution in [-0.4, -0.2) is 27.1 Å². The van der Waals surface area contributed by atoms with Crippen molar-refractivity contribution >= 4 is 17.2 Å². The number of carbonyl (C=O) groups excluding carboxylic acids is 1. The van der Waals surface area contributed by atoms with Gasteiger partial charge in [0.1, 0.15) is 5.76 Å². The van der Waals surface area contributed by atoms with E-state index in [9.17, 15) is 4.79 Å². The van der Waals surface area contributed by atoms with Crippen LogP contribution in [0.2, 0.25) is 0 Å². The van der Waals surface area contributed by atoms with Crippen LogP contribution in [0.4, 0.5) is 0 Å². The fraction of sp³-hybridized carbons (Fsp3) is 0.368. The van der Waals surface area contributed by atoms with Crippen molar-refractivity contribution in [3.05, 3.63) is 56.7 Å². The highest BCUT2D eigenvalue weighted by atomic mass is 32.1. The highest BCUT2D eigenvalue weighted by Crippen LogP contribution is 2.34. The average Bonchev–Trinajstić information content (AvgIpc) is 3.27. The monoisotopic (exact) mass is 355 g/mol. The minimum atomic E-state index is 0.0870. The van der Waals surface area contributed by atoms with Crippen LogP contribution in [0.1, 0.15) is 50.9 Å². The maximum absolute atomic E-state index is 13.2. The molecule has 3 aromatic heterocycles. The number of thiophene rings is 1. The second kappa shape index (κ2) is 5.88. The van der Waals surface area contributed by atoms with Gasteiger partial charge in [-0.1, -0.05) is 5.16 Å². The third kappa shape index (κ3) is 2.52. The number of amides is 1. The molecule has 1 atom stereocenters. The van der Waals surface area contributed by atoms with Crippen molar-refractivity contribution in [1.82, 2.24) is 14.6 Å². The molecule has 3 aromatic rings. The Labute approximate surface area is 150 Å². The molecule has 25 heavy (non-hydrogen) atoms. The van der Waals surface area contributed by atoms with Crippen LogP contribution < -0.4 is 0 Å². The molecule has 0 saturated heterocycles. The minimum absolute atomic E-state index is 0.0870.